The lowest BCUT2D eigenvalue weighted by atomic mass is 9.84. The van der Waals surface area contributed by atoms with Crippen LogP contribution in [0.2, 0.25) is 0 Å². The van der Waals surface area contributed by atoms with Crippen molar-refractivity contribution in [2.24, 2.45) is 0 Å². The van der Waals surface area contributed by atoms with Gasteiger partial charge in [0, 0.05) is 6.42 Å². The average Bonchev–Trinajstić information content (AvgIpc) is 2.78. The number of halogens is 2. The second-order valence-electron chi connectivity index (χ2n) is 5.62. The first-order valence-electron chi connectivity index (χ1n) is 6.86. The molecule has 4 heteroatoms. The van der Waals surface area contributed by atoms with Crippen LogP contribution in [-0.4, -0.2) is 10.9 Å². The van der Waals surface area contributed by atoms with Crippen LogP contribution in [0.1, 0.15) is 30.9 Å². The highest BCUT2D eigenvalue weighted by Gasteiger charge is 2.48. The molecule has 0 aliphatic carbocycles. The SMILES string of the molecule is CC1(O)CCC(c2ccc(F)cc2)(c2ccc(F)cc2)O1. The van der Waals surface area contributed by atoms with Crippen molar-refractivity contribution < 1.29 is 18.6 Å². The molecule has 1 aliphatic rings. The molecule has 1 fully saturated rings. The Hall–Kier alpha value is -1.78. The van der Waals surface area contributed by atoms with E-state index in [0.717, 1.165) is 11.1 Å². The van der Waals surface area contributed by atoms with E-state index in [4.69, 9.17) is 4.74 Å². The molecule has 3 rings (SSSR count). The fourth-order valence-corrected chi connectivity index (χ4v) is 2.90. The molecule has 21 heavy (non-hydrogen) atoms. The van der Waals surface area contributed by atoms with Gasteiger partial charge in [-0.2, -0.15) is 0 Å². The van der Waals surface area contributed by atoms with Gasteiger partial charge in [-0.15, -0.1) is 0 Å². The molecule has 1 atom stereocenters. The van der Waals surface area contributed by atoms with E-state index in [9.17, 15) is 13.9 Å². The van der Waals surface area contributed by atoms with Crippen molar-refractivity contribution >= 4 is 0 Å². The molecule has 0 aromatic heterocycles. The van der Waals surface area contributed by atoms with E-state index in [1.54, 1.807) is 31.2 Å². The van der Waals surface area contributed by atoms with E-state index in [0.29, 0.717) is 12.8 Å². The summed E-state index contributed by atoms with van der Waals surface area (Å²) in [6.45, 7) is 1.60. The van der Waals surface area contributed by atoms with Crippen molar-refractivity contribution in [3.05, 3.63) is 71.3 Å². The van der Waals surface area contributed by atoms with E-state index in [1.807, 2.05) is 0 Å². The van der Waals surface area contributed by atoms with Gasteiger partial charge >= 0.3 is 0 Å². The summed E-state index contributed by atoms with van der Waals surface area (Å²) in [5.74, 6) is -1.93. The molecular formula is C17H16F2O2. The molecule has 1 saturated heterocycles. The molecule has 0 bridgehead atoms. The van der Waals surface area contributed by atoms with Gasteiger partial charge in [0.15, 0.2) is 5.79 Å². The molecule has 0 radical (unpaired) electrons. The normalized spacial score (nSPS) is 24.2. The zero-order chi connectivity index (χ0) is 15.1. The molecule has 1 unspecified atom stereocenters. The zero-order valence-corrected chi connectivity index (χ0v) is 11.6. The summed E-state index contributed by atoms with van der Waals surface area (Å²) in [4.78, 5) is 0. The fraction of sp³-hybridized carbons (Fsp3) is 0.294. The Kier molecular flexibility index (Phi) is 3.30. The number of hydrogen-bond acceptors (Lipinski definition) is 2. The maximum absolute atomic E-state index is 13.2. The third kappa shape index (κ3) is 2.57. The highest BCUT2D eigenvalue weighted by atomic mass is 19.1. The quantitative estimate of drug-likeness (QED) is 0.913. The van der Waals surface area contributed by atoms with E-state index in [1.165, 1.54) is 24.3 Å². The Morgan fingerprint density at radius 2 is 1.29 bits per heavy atom. The molecule has 1 heterocycles. The maximum atomic E-state index is 13.2. The van der Waals surface area contributed by atoms with E-state index >= 15 is 0 Å². The van der Waals surface area contributed by atoms with Crippen LogP contribution in [0.25, 0.3) is 0 Å². The van der Waals surface area contributed by atoms with Gasteiger partial charge in [-0.3, -0.25) is 0 Å². The lowest BCUT2D eigenvalue weighted by molar-refractivity contribution is -0.203. The summed E-state index contributed by atoms with van der Waals surface area (Å²) in [6.07, 6.45) is 0.985. The number of ether oxygens (including phenoxy) is 1. The van der Waals surface area contributed by atoms with Gasteiger partial charge in [-0.25, -0.2) is 8.78 Å². The number of hydrogen-bond donors (Lipinski definition) is 1. The number of aliphatic hydroxyl groups is 1. The smallest absolute Gasteiger partial charge is 0.164 e. The molecule has 0 saturated carbocycles. The predicted molar refractivity (Wildman–Crippen MR) is 74.5 cm³/mol. The van der Waals surface area contributed by atoms with Crippen molar-refractivity contribution in [3.63, 3.8) is 0 Å². The Labute approximate surface area is 122 Å². The summed E-state index contributed by atoms with van der Waals surface area (Å²) in [7, 11) is 0. The second-order valence-corrected chi connectivity index (χ2v) is 5.62. The van der Waals surface area contributed by atoms with E-state index < -0.39 is 11.4 Å². The summed E-state index contributed by atoms with van der Waals surface area (Å²) < 4.78 is 32.2. The van der Waals surface area contributed by atoms with Crippen LogP contribution in [0, 0.1) is 11.6 Å². The largest absolute Gasteiger partial charge is 0.366 e. The molecule has 110 valence electrons. The lowest BCUT2D eigenvalue weighted by Crippen LogP contribution is -2.32. The van der Waals surface area contributed by atoms with E-state index in [2.05, 4.69) is 0 Å². The maximum Gasteiger partial charge on any atom is 0.164 e. The van der Waals surface area contributed by atoms with Crippen molar-refractivity contribution in [3.8, 4) is 0 Å². The Bertz CT molecular complexity index is 587. The van der Waals surface area contributed by atoms with Gasteiger partial charge in [0.05, 0.1) is 0 Å². The highest BCUT2D eigenvalue weighted by molar-refractivity contribution is 5.38. The Balaban J connectivity index is 2.12. The minimum absolute atomic E-state index is 0.335. The van der Waals surface area contributed by atoms with Crippen LogP contribution >= 0.6 is 0 Å². The van der Waals surface area contributed by atoms with Gasteiger partial charge in [-0.05, 0) is 48.7 Å². The first-order chi connectivity index (χ1) is 9.91. The first-order valence-corrected chi connectivity index (χ1v) is 6.86. The van der Waals surface area contributed by atoms with Gasteiger partial charge < -0.3 is 9.84 Å². The molecule has 1 aliphatic heterocycles. The highest BCUT2D eigenvalue weighted by Crippen LogP contribution is 2.47. The average molecular weight is 290 g/mol. The van der Waals surface area contributed by atoms with Crippen LogP contribution in [0.4, 0.5) is 8.78 Å². The van der Waals surface area contributed by atoms with Crippen molar-refractivity contribution in [1.29, 1.82) is 0 Å². The second kappa shape index (κ2) is 4.90. The molecule has 2 aromatic carbocycles. The minimum atomic E-state index is -1.26. The number of rotatable bonds is 2. The molecule has 2 aromatic rings. The van der Waals surface area contributed by atoms with Gasteiger partial charge in [0.2, 0.25) is 0 Å². The topological polar surface area (TPSA) is 29.5 Å². The predicted octanol–water partition coefficient (Wildman–Crippen LogP) is 3.73. The van der Waals surface area contributed by atoms with Crippen LogP contribution in [0.3, 0.4) is 0 Å². The van der Waals surface area contributed by atoms with Crippen molar-refractivity contribution in [2.45, 2.75) is 31.2 Å². The summed E-state index contributed by atoms with van der Waals surface area (Å²) in [5, 5.41) is 10.2. The van der Waals surface area contributed by atoms with Crippen molar-refractivity contribution in [1.82, 2.24) is 0 Å². The fourth-order valence-electron chi connectivity index (χ4n) is 2.90. The third-order valence-electron chi connectivity index (χ3n) is 3.96. The molecular weight excluding hydrogens is 274 g/mol. The van der Waals surface area contributed by atoms with Gasteiger partial charge in [0.1, 0.15) is 17.2 Å². The summed E-state index contributed by atoms with van der Waals surface area (Å²) >= 11 is 0. The monoisotopic (exact) mass is 290 g/mol. The zero-order valence-electron chi connectivity index (χ0n) is 11.6. The Morgan fingerprint density at radius 1 is 0.857 bits per heavy atom. The first kappa shape index (κ1) is 14.2. The Morgan fingerprint density at radius 3 is 1.62 bits per heavy atom. The number of benzene rings is 2. The van der Waals surface area contributed by atoms with Gasteiger partial charge in [0.25, 0.3) is 0 Å². The van der Waals surface area contributed by atoms with E-state index in [-0.39, 0.29) is 11.6 Å². The van der Waals surface area contributed by atoms with Crippen molar-refractivity contribution in [2.75, 3.05) is 0 Å². The summed E-state index contributed by atoms with van der Waals surface area (Å²) in [6, 6.07) is 12.0. The van der Waals surface area contributed by atoms with Crippen LogP contribution in [-0.2, 0) is 10.3 Å². The molecule has 1 N–H and O–H groups in total. The summed E-state index contributed by atoms with van der Waals surface area (Å²) in [5.41, 5.74) is 0.604. The minimum Gasteiger partial charge on any atom is -0.366 e. The lowest BCUT2D eigenvalue weighted by Gasteiger charge is -2.32. The van der Waals surface area contributed by atoms with Crippen LogP contribution in [0.5, 0.6) is 0 Å². The van der Waals surface area contributed by atoms with Crippen LogP contribution in [0.15, 0.2) is 48.5 Å². The molecule has 0 amide bonds. The third-order valence-corrected chi connectivity index (χ3v) is 3.96. The van der Waals surface area contributed by atoms with Crippen LogP contribution < -0.4 is 0 Å². The molecule has 2 nitrogen and oxygen atoms in total. The molecule has 0 spiro atoms. The van der Waals surface area contributed by atoms with Gasteiger partial charge in [-0.1, -0.05) is 24.3 Å². The standard InChI is InChI=1S/C17H16F2O2/c1-16(20)10-11-17(21-16,12-2-6-14(18)7-3-12)13-4-8-15(19)9-5-13/h2-9,20H,10-11H2,1H3.